The lowest BCUT2D eigenvalue weighted by molar-refractivity contribution is -0.196. The molecule has 0 saturated heterocycles. The molecular weight excluding hydrogens is 519 g/mol. The summed E-state index contributed by atoms with van der Waals surface area (Å²) in [6.07, 6.45) is -1.81. The molecule has 1 amide bonds. The Hall–Kier alpha value is -4.21. The van der Waals surface area contributed by atoms with E-state index in [-0.39, 0.29) is 17.7 Å². The SMILES string of the molecule is O=C(NC12CC(C(=O)O)(C1)C2)c1cc(-c2ccc(F)cc2F)cc2ccn(Cc3ccc(C(F)(F)F)cc3)c12. The van der Waals surface area contributed by atoms with E-state index in [1.54, 1.807) is 22.9 Å². The van der Waals surface area contributed by atoms with E-state index in [2.05, 4.69) is 5.32 Å². The summed E-state index contributed by atoms with van der Waals surface area (Å²) in [5.41, 5.74) is -0.504. The number of halogens is 5. The van der Waals surface area contributed by atoms with Crippen LogP contribution in [-0.2, 0) is 17.5 Å². The fourth-order valence-electron chi connectivity index (χ4n) is 5.98. The van der Waals surface area contributed by atoms with Gasteiger partial charge in [0.1, 0.15) is 11.6 Å². The second-order valence-electron chi connectivity index (χ2n) is 10.6. The van der Waals surface area contributed by atoms with Gasteiger partial charge in [0.15, 0.2) is 0 Å². The molecule has 3 saturated carbocycles. The van der Waals surface area contributed by atoms with E-state index in [9.17, 15) is 36.6 Å². The van der Waals surface area contributed by atoms with Crippen molar-refractivity contribution in [2.24, 2.45) is 5.41 Å². The molecule has 4 aromatic rings. The quantitative estimate of drug-likeness (QED) is 0.279. The van der Waals surface area contributed by atoms with Crippen molar-refractivity contribution in [1.29, 1.82) is 0 Å². The molecule has 3 fully saturated rings. The standard InChI is InChI=1S/C29H21F5N2O3/c30-20-5-6-21(23(31)11-20)18-9-17-7-8-36(12-16-1-3-19(4-2-16)29(32,33)34)24(17)22(10-18)25(37)35-28-13-27(14-28,15-28)26(38)39/h1-11H,12-15H2,(H,35,37)(H,38,39). The number of aliphatic carboxylic acids is 1. The molecule has 39 heavy (non-hydrogen) atoms. The molecule has 0 aliphatic heterocycles. The Kier molecular flexibility index (Phi) is 5.40. The number of nitrogens with one attached hydrogen (secondary N) is 1. The minimum Gasteiger partial charge on any atom is -0.481 e. The Bertz CT molecular complexity index is 1640. The maximum atomic E-state index is 14.7. The molecular formula is C29H21F5N2O3. The molecule has 0 radical (unpaired) electrons. The Morgan fingerprint density at radius 1 is 0.949 bits per heavy atom. The van der Waals surface area contributed by atoms with Gasteiger partial charge in [0.05, 0.1) is 22.1 Å². The van der Waals surface area contributed by atoms with Crippen molar-refractivity contribution in [2.75, 3.05) is 0 Å². The molecule has 0 spiro atoms. The number of alkyl halides is 3. The zero-order valence-electron chi connectivity index (χ0n) is 20.3. The molecule has 3 aliphatic carbocycles. The monoisotopic (exact) mass is 540 g/mol. The van der Waals surface area contributed by atoms with Gasteiger partial charge in [-0.15, -0.1) is 0 Å². The van der Waals surface area contributed by atoms with Gasteiger partial charge in [-0.05, 0) is 72.9 Å². The van der Waals surface area contributed by atoms with Crippen molar-refractivity contribution in [2.45, 2.75) is 37.5 Å². The molecule has 7 rings (SSSR count). The van der Waals surface area contributed by atoms with Gasteiger partial charge in [-0.25, -0.2) is 8.78 Å². The second kappa shape index (κ2) is 8.39. The van der Waals surface area contributed by atoms with Crippen molar-refractivity contribution in [3.05, 3.63) is 95.2 Å². The third-order valence-electron chi connectivity index (χ3n) is 7.84. The van der Waals surface area contributed by atoms with Crippen molar-refractivity contribution in [1.82, 2.24) is 9.88 Å². The number of fused-ring (bicyclic) bond motifs is 1. The lowest BCUT2D eigenvalue weighted by Crippen LogP contribution is -2.77. The van der Waals surface area contributed by atoms with Gasteiger partial charge in [0.25, 0.3) is 5.91 Å². The van der Waals surface area contributed by atoms with Gasteiger partial charge in [0.2, 0.25) is 0 Å². The molecule has 1 heterocycles. The third-order valence-corrected chi connectivity index (χ3v) is 7.84. The van der Waals surface area contributed by atoms with Crippen LogP contribution >= 0.6 is 0 Å². The number of benzene rings is 3. The lowest BCUT2D eigenvalue weighted by atomic mass is 9.39. The van der Waals surface area contributed by atoms with E-state index in [1.807, 2.05) is 0 Å². The molecule has 3 aliphatic rings. The summed E-state index contributed by atoms with van der Waals surface area (Å²) < 4.78 is 68.9. The topological polar surface area (TPSA) is 71.3 Å². The van der Waals surface area contributed by atoms with E-state index < -0.39 is 46.2 Å². The third kappa shape index (κ3) is 4.14. The zero-order chi connectivity index (χ0) is 27.7. The van der Waals surface area contributed by atoms with Crippen molar-refractivity contribution in [3.63, 3.8) is 0 Å². The van der Waals surface area contributed by atoms with E-state index in [4.69, 9.17) is 0 Å². The Balaban J connectivity index is 1.39. The van der Waals surface area contributed by atoms with Gasteiger partial charge >= 0.3 is 12.1 Å². The number of rotatable bonds is 6. The van der Waals surface area contributed by atoms with Gasteiger partial charge < -0.3 is 15.0 Å². The highest BCUT2D eigenvalue weighted by atomic mass is 19.4. The summed E-state index contributed by atoms with van der Waals surface area (Å²) >= 11 is 0. The number of carbonyl (C=O) groups excluding carboxylic acids is 1. The predicted molar refractivity (Wildman–Crippen MR) is 132 cm³/mol. The largest absolute Gasteiger partial charge is 0.481 e. The summed E-state index contributed by atoms with van der Waals surface area (Å²) in [5, 5.41) is 13.0. The van der Waals surface area contributed by atoms with Crippen LogP contribution < -0.4 is 5.32 Å². The fraction of sp³-hybridized carbons (Fsp3) is 0.241. The molecule has 0 unspecified atom stereocenters. The normalized spacial score (nSPS) is 21.8. The fourth-order valence-corrected chi connectivity index (χ4v) is 5.98. The van der Waals surface area contributed by atoms with Crippen LogP contribution in [0.15, 0.2) is 66.9 Å². The predicted octanol–water partition coefficient (Wildman–Crippen LogP) is 6.39. The van der Waals surface area contributed by atoms with Crippen LogP contribution in [0.5, 0.6) is 0 Å². The van der Waals surface area contributed by atoms with Gasteiger partial charge in [-0.1, -0.05) is 12.1 Å². The highest BCUT2D eigenvalue weighted by Crippen LogP contribution is 2.67. The minimum absolute atomic E-state index is 0.0955. The molecule has 200 valence electrons. The van der Waals surface area contributed by atoms with Crippen LogP contribution in [0.25, 0.3) is 22.0 Å². The molecule has 2 N–H and O–H groups in total. The average molecular weight is 540 g/mol. The van der Waals surface area contributed by atoms with Crippen LogP contribution in [0.4, 0.5) is 22.0 Å². The van der Waals surface area contributed by atoms with Gasteiger partial charge in [-0.3, -0.25) is 9.59 Å². The second-order valence-corrected chi connectivity index (χ2v) is 10.6. The number of hydrogen-bond acceptors (Lipinski definition) is 2. The van der Waals surface area contributed by atoms with Crippen LogP contribution in [0.1, 0.15) is 40.7 Å². The Morgan fingerprint density at radius 2 is 1.64 bits per heavy atom. The molecule has 5 nitrogen and oxygen atoms in total. The zero-order valence-corrected chi connectivity index (χ0v) is 20.3. The smallest absolute Gasteiger partial charge is 0.416 e. The molecule has 10 heteroatoms. The average Bonchev–Trinajstić information content (AvgIpc) is 3.21. The summed E-state index contributed by atoms with van der Waals surface area (Å²) in [4.78, 5) is 25.1. The van der Waals surface area contributed by atoms with Gasteiger partial charge in [-0.2, -0.15) is 13.2 Å². The Morgan fingerprint density at radius 3 is 2.26 bits per heavy atom. The highest BCUT2D eigenvalue weighted by molar-refractivity contribution is 6.08. The Labute approximate surface area is 218 Å². The lowest BCUT2D eigenvalue weighted by Gasteiger charge is -2.67. The number of carboxylic acids is 1. The molecule has 1 aromatic heterocycles. The van der Waals surface area contributed by atoms with Crippen LogP contribution in [-0.4, -0.2) is 27.1 Å². The molecule has 0 atom stereocenters. The number of carboxylic acid groups (broad SMARTS) is 1. The van der Waals surface area contributed by atoms with E-state index in [0.29, 0.717) is 41.3 Å². The van der Waals surface area contributed by atoms with Crippen LogP contribution in [0.2, 0.25) is 0 Å². The molecule has 2 bridgehead atoms. The summed E-state index contributed by atoms with van der Waals surface area (Å²) in [7, 11) is 0. The number of nitrogens with zero attached hydrogens (tertiary/aromatic N) is 1. The summed E-state index contributed by atoms with van der Waals surface area (Å²) in [6.45, 7) is 0.166. The van der Waals surface area contributed by atoms with Gasteiger partial charge in [0, 0.05) is 35.3 Å². The van der Waals surface area contributed by atoms with E-state index in [0.717, 1.165) is 24.3 Å². The first-order valence-corrected chi connectivity index (χ1v) is 12.2. The number of amides is 1. The first kappa shape index (κ1) is 25.1. The van der Waals surface area contributed by atoms with Crippen molar-refractivity contribution in [3.8, 4) is 11.1 Å². The van der Waals surface area contributed by atoms with Crippen LogP contribution in [0.3, 0.4) is 0 Å². The van der Waals surface area contributed by atoms with Crippen molar-refractivity contribution >= 4 is 22.8 Å². The van der Waals surface area contributed by atoms with E-state index in [1.165, 1.54) is 24.3 Å². The first-order chi connectivity index (χ1) is 18.4. The number of hydrogen-bond donors (Lipinski definition) is 2. The first-order valence-electron chi connectivity index (χ1n) is 12.2. The van der Waals surface area contributed by atoms with Crippen LogP contribution in [0, 0.1) is 17.0 Å². The number of aromatic nitrogens is 1. The van der Waals surface area contributed by atoms with E-state index >= 15 is 0 Å². The maximum absolute atomic E-state index is 14.7. The summed E-state index contributed by atoms with van der Waals surface area (Å²) in [5.74, 6) is -2.91. The van der Waals surface area contributed by atoms with Crippen molar-refractivity contribution < 1.29 is 36.6 Å². The molecule has 3 aromatic carbocycles. The maximum Gasteiger partial charge on any atom is 0.416 e. The highest BCUT2D eigenvalue weighted by Gasteiger charge is 2.72. The minimum atomic E-state index is -4.46. The summed E-state index contributed by atoms with van der Waals surface area (Å²) in [6, 6.07) is 12.7. The number of carbonyl (C=O) groups is 2.